The van der Waals surface area contributed by atoms with Gasteiger partial charge in [0.05, 0.1) is 11.4 Å². The van der Waals surface area contributed by atoms with Gasteiger partial charge in [-0.1, -0.05) is 31.2 Å². The van der Waals surface area contributed by atoms with Crippen LogP contribution in [0, 0.1) is 12.8 Å². The van der Waals surface area contributed by atoms with Crippen LogP contribution in [0.3, 0.4) is 0 Å². The van der Waals surface area contributed by atoms with E-state index in [0.29, 0.717) is 47.3 Å². The fourth-order valence-electron chi connectivity index (χ4n) is 5.42. The number of fused-ring (bicyclic) bond motifs is 1. The lowest BCUT2D eigenvalue weighted by molar-refractivity contribution is -0.126. The first-order valence-corrected chi connectivity index (χ1v) is 17.5. The molecule has 0 fully saturated rings. The number of hydrogen-bond acceptors (Lipinski definition) is 11. The number of aliphatic hydroxyl groups is 1. The Kier molecular flexibility index (Phi) is 15.5. The molecule has 1 amide bonds. The van der Waals surface area contributed by atoms with Gasteiger partial charge >= 0.3 is 0 Å². The van der Waals surface area contributed by atoms with Crippen LogP contribution in [0.25, 0.3) is 10.8 Å². The first-order valence-electron chi connectivity index (χ1n) is 14.9. The van der Waals surface area contributed by atoms with E-state index >= 15 is 0 Å². The van der Waals surface area contributed by atoms with E-state index in [1.807, 2.05) is 38.1 Å². The van der Waals surface area contributed by atoms with Crippen LogP contribution in [-0.4, -0.2) is 71.9 Å². The van der Waals surface area contributed by atoms with Crippen molar-refractivity contribution in [3.05, 3.63) is 65.3 Å². The number of ketones is 1. The van der Waals surface area contributed by atoms with Gasteiger partial charge < -0.3 is 20.6 Å². The van der Waals surface area contributed by atoms with E-state index in [1.54, 1.807) is 38.2 Å². The summed E-state index contributed by atoms with van der Waals surface area (Å²) in [5.41, 5.74) is 8.76. The standard InChI is InChI=1S/C32H44N6O5S3.ClH/c1-6-22(15-31(44)45)26(20(2)38(19-39)18-23-17-34-21(3)36-32(23)33)16-29(41)28(40)13-14-35-46(42,43)30-12-8-9-24-25(30)10-7-11-27(24)37(4)5;/h7-12,17,19,22,29,31,35,41,44-45H,6,13-16,18H2,1-5H3,(H2,33,34,36);1H. The molecular weight excluding hydrogens is 680 g/mol. The van der Waals surface area contributed by atoms with Crippen LogP contribution < -0.4 is 15.4 Å². The van der Waals surface area contributed by atoms with Crippen LogP contribution in [0.5, 0.6) is 0 Å². The van der Waals surface area contributed by atoms with Crippen molar-refractivity contribution < 1.29 is 23.1 Å². The Balaban J connectivity index is 0.00000768. The molecular formula is C32H45ClN6O5S3. The molecule has 47 heavy (non-hydrogen) atoms. The van der Waals surface area contributed by atoms with Crippen LogP contribution >= 0.6 is 37.7 Å². The Morgan fingerprint density at radius 2 is 1.81 bits per heavy atom. The van der Waals surface area contributed by atoms with Crippen molar-refractivity contribution in [2.24, 2.45) is 5.92 Å². The number of amides is 1. The molecule has 1 aromatic heterocycles. The fraction of sp³-hybridized carbons (Fsp3) is 0.438. The average molecular weight is 725 g/mol. The summed E-state index contributed by atoms with van der Waals surface area (Å²) in [6, 6.07) is 10.5. The van der Waals surface area contributed by atoms with E-state index in [2.05, 4.69) is 39.9 Å². The summed E-state index contributed by atoms with van der Waals surface area (Å²) in [5, 5.41) is 12.4. The molecule has 1 heterocycles. The Hall–Kier alpha value is -2.88. The molecule has 0 saturated carbocycles. The maximum atomic E-state index is 13.3. The summed E-state index contributed by atoms with van der Waals surface area (Å²) >= 11 is 8.87. The zero-order valence-electron chi connectivity index (χ0n) is 27.3. The predicted octanol–water partition coefficient (Wildman–Crippen LogP) is 4.53. The largest absolute Gasteiger partial charge is 0.385 e. The number of carbonyl (C=O) groups excluding carboxylic acids is 2. The summed E-state index contributed by atoms with van der Waals surface area (Å²) in [5.74, 6) is 0.0862. The number of allylic oxidation sites excluding steroid dienone is 1. The molecule has 2 aromatic carbocycles. The van der Waals surface area contributed by atoms with Crippen LogP contribution in [0.1, 0.15) is 50.9 Å². The first kappa shape index (κ1) is 40.3. The molecule has 0 radical (unpaired) electrons. The number of halogens is 1. The van der Waals surface area contributed by atoms with E-state index in [-0.39, 0.29) is 59.6 Å². The molecule has 15 heteroatoms. The lowest BCUT2D eigenvalue weighted by atomic mass is 9.86. The zero-order chi connectivity index (χ0) is 34.2. The van der Waals surface area contributed by atoms with Crippen LogP contribution in [0.15, 0.2) is 58.8 Å². The highest BCUT2D eigenvalue weighted by Crippen LogP contribution is 2.33. The predicted molar refractivity (Wildman–Crippen MR) is 197 cm³/mol. The van der Waals surface area contributed by atoms with E-state index in [9.17, 15) is 23.1 Å². The summed E-state index contributed by atoms with van der Waals surface area (Å²) in [7, 11) is -0.192. The van der Waals surface area contributed by atoms with Gasteiger partial charge in [-0.25, -0.2) is 23.1 Å². The smallest absolute Gasteiger partial charge is 0.241 e. The SMILES string of the molecule is CCC(CC(S)S)C(CC(O)C(=O)CCNS(=O)(=O)c1cccc2c(N(C)C)cccc12)=C(C)N(C=O)Cc1cnc(C)nc1N.Cl. The Bertz CT molecular complexity index is 1690. The highest BCUT2D eigenvalue weighted by molar-refractivity contribution is 7.99. The summed E-state index contributed by atoms with van der Waals surface area (Å²) in [6.45, 7) is 5.34. The van der Waals surface area contributed by atoms with Gasteiger partial charge in [-0.05, 0) is 50.3 Å². The summed E-state index contributed by atoms with van der Waals surface area (Å²) in [4.78, 5) is 37.2. The zero-order valence-corrected chi connectivity index (χ0v) is 30.7. The molecule has 2 unspecified atom stereocenters. The van der Waals surface area contributed by atoms with Crippen molar-refractivity contribution >= 4 is 82.2 Å². The quantitative estimate of drug-likeness (QED) is 0.0766. The van der Waals surface area contributed by atoms with Gasteiger partial charge in [-0.15, -0.1) is 12.4 Å². The minimum Gasteiger partial charge on any atom is -0.385 e. The molecule has 2 atom stereocenters. The minimum atomic E-state index is -3.96. The molecule has 258 valence electrons. The fourth-order valence-corrected chi connectivity index (χ4v) is 7.18. The maximum absolute atomic E-state index is 13.3. The molecule has 3 aromatic rings. The molecule has 0 spiro atoms. The third-order valence-electron chi connectivity index (χ3n) is 7.94. The number of aryl methyl sites for hydroxylation is 1. The highest BCUT2D eigenvalue weighted by Gasteiger charge is 2.27. The second kappa shape index (κ2) is 18.0. The number of nitrogens with two attached hydrogens (primary N) is 1. The Morgan fingerprint density at radius 3 is 2.40 bits per heavy atom. The number of carbonyl (C=O) groups is 2. The number of nitrogen functional groups attached to an aromatic ring is 1. The number of anilines is 2. The average Bonchev–Trinajstić information content (AvgIpc) is 3.00. The number of sulfonamides is 1. The Morgan fingerprint density at radius 1 is 1.15 bits per heavy atom. The highest BCUT2D eigenvalue weighted by atomic mass is 35.5. The van der Waals surface area contributed by atoms with Gasteiger partial charge in [0.25, 0.3) is 0 Å². The Labute approximate surface area is 294 Å². The van der Waals surface area contributed by atoms with E-state index < -0.39 is 21.9 Å². The molecule has 3 rings (SSSR count). The van der Waals surface area contributed by atoms with E-state index in [1.165, 1.54) is 11.0 Å². The maximum Gasteiger partial charge on any atom is 0.241 e. The van der Waals surface area contributed by atoms with Crippen molar-refractivity contribution in [3.8, 4) is 0 Å². The number of hydrogen-bond donors (Lipinski definition) is 5. The van der Waals surface area contributed by atoms with Crippen molar-refractivity contribution in [2.75, 3.05) is 31.3 Å². The van der Waals surface area contributed by atoms with Crippen molar-refractivity contribution in [1.82, 2.24) is 19.6 Å². The lowest BCUT2D eigenvalue weighted by Gasteiger charge is -2.29. The van der Waals surface area contributed by atoms with Gasteiger partial charge in [0, 0.05) is 72.0 Å². The van der Waals surface area contributed by atoms with Crippen molar-refractivity contribution in [2.45, 2.75) is 68.6 Å². The number of Topliss-reactive ketones (excluding diaryl/α,β-unsaturated/α-hetero) is 1. The number of aromatic nitrogens is 2. The van der Waals surface area contributed by atoms with Crippen molar-refractivity contribution in [1.29, 1.82) is 0 Å². The molecule has 0 aliphatic carbocycles. The second-order valence-electron chi connectivity index (χ2n) is 11.3. The van der Waals surface area contributed by atoms with Gasteiger partial charge in [-0.3, -0.25) is 9.59 Å². The van der Waals surface area contributed by atoms with Crippen LogP contribution in [0.2, 0.25) is 0 Å². The van der Waals surface area contributed by atoms with Gasteiger partial charge in [-0.2, -0.15) is 25.3 Å². The lowest BCUT2D eigenvalue weighted by Crippen LogP contribution is -2.31. The number of nitrogens with one attached hydrogen (secondary N) is 1. The van der Waals surface area contributed by atoms with E-state index in [0.717, 1.165) is 11.1 Å². The van der Waals surface area contributed by atoms with Gasteiger partial charge in [0.1, 0.15) is 17.7 Å². The topological polar surface area (TPSA) is 159 Å². The molecule has 0 bridgehead atoms. The third kappa shape index (κ3) is 10.6. The third-order valence-corrected chi connectivity index (χ3v) is 9.88. The monoisotopic (exact) mass is 724 g/mol. The number of nitrogens with zero attached hydrogens (tertiary/aromatic N) is 4. The molecule has 0 aliphatic rings. The van der Waals surface area contributed by atoms with Gasteiger partial charge in [0.2, 0.25) is 16.4 Å². The van der Waals surface area contributed by atoms with E-state index in [4.69, 9.17) is 5.73 Å². The van der Waals surface area contributed by atoms with Crippen molar-refractivity contribution in [3.63, 3.8) is 0 Å². The molecule has 0 saturated heterocycles. The first-order chi connectivity index (χ1) is 21.7. The molecule has 11 nitrogen and oxygen atoms in total. The number of rotatable bonds is 17. The van der Waals surface area contributed by atoms with Crippen LogP contribution in [-0.2, 0) is 26.2 Å². The number of thiol groups is 2. The summed E-state index contributed by atoms with van der Waals surface area (Å²) in [6.07, 6.45) is 1.70. The van der Waals surface area contributed by atoms with Crippen LogP contribution in [0.4, 0.5) is 11.5 Å². The molecule has 4 N–H and O–H groups in total. The number of benzene rings is 2. The second-order valence-corrected chi connectivity index (χ2v) is 14.7. The molecule has 0 aliphatic heterocycles. The minimum absolute atomic E-state index is 0. The van der Waals surface area contributed by atoms with Gasteiger partial charge in [0.15, 0.2) is 5.78 Å². The number of aliphatic hydroxyl groups excluding tert-OH is 1. The normalized spacial score (nSPS) is 13.5. The summed E-state index contributed by atoms with van der Waals surface area (Å²) < 4.78 is 28.8.